The molecule has 0 spiro atoms. The van der Waals surface area contributed by atoms with Crippen LogP contribution in [0.1, 0.15) is 52.9 Å². The van der Waals surface area contributed by atoms with Gasteiger partial charge in [-0.3, -0.25) is 0 Å². The maximum atomic E-state index is 10.4. The lowest BCUT2D eigenvalue weighted by Crippen LogP contribution is -2.46. The molecule has 0 saturated carbocycles. The van der Waals surface area contributed by atoms with Gasteiger partial charge in [-0.05, 0) is 64.2 Å². The molecule has 0 aromatic rings. The van der Waals surface area contributed by atoms with Crippen molar-refractivity contribution in [3.05, 3.63) is 0 Å². The van der Waals surface area contributed by atoms with E-state index in [4.69, 9.17) is 0 Å². The second kappa shape index (κ2) is 8.13. The normalized spacial score (nSPS) is 19.3. The molecule has 0 amide bonds. The lowest BCUT2D eigenvalue weighted by Gasteiger charge is -2.37. The fraction of sp³-hybridized carbons (Fsp3) is 1.00. The molecule has 0 unspecified atom stereocenters. The third-order valence-corrected chi connectivity index (χ3v) is 4.40. The molecule has 3 heteroatoms. The Morgan fingerprint density at radius 3 is 2.28 bits per heavy atom. The number of nitrogens with zero attached hydrogens (tertiary/aromatic N) is 1. The zero-order chi connectivity index (χ0) is 13.4. The van der Waals surface area contributed by atoms with Crippen molar-refractivity contribution < 1.29 is 5.11 Å². The molecule has 1 saturated heterocycles. The van der Waals surface area contributed by atoms with E-state index in [1.165, 1.54) is 25.8 Å². The van der Waals surface area contributed by atoms with Crippen LogP contribution in [0.5, 0.6) is 0 Å². The minimum Gasteiger partial charge on any atom is -0.389 e. The Morgan fingerprint density at radius 1 is 1.17 bits per heavy atom. The van der Waals surface area contributed by atoms with E-state index in [1.807, 2.05) is 0 Å². The number of piperidine rings is 1. The highest BCUT2D eigenvalue weighted by Crippen LogP contribution is 2.21. The maximum Gasteiger partial charge on any atom is 0.0768 e. The van der Waals surface area contributed by atoms with Crippen LogP contribution >= 0.6 is 0 Å². The number of aliphatic hydroxyl groups is 1. The van der Waals surface area contributed by atoms with Crippen molar-refractivity contribution in [2.45, 2.75) is 58.5 Å². The highest BCUT2D eigenvalue weighted by Gasteiger charge is 2.28. The van der Waals surface area contributed by atoms with Crippen LogP contribution in [0.3, 0.4) is 0 Å². The number of nitrogens with one attached hydrogen (secondary N) is 1. The molecule has 1 aliphatic heterocycles. The molecule has 1 fully saturated rings. The second-order valence-electron chi connectivity index (χ2n) is 5.86. The fourth-order valence-corrected chi connectivity index (χ4v) is 2.72. The van der Waals surface area contributed by atoms with Gasteiger partial charge in [0.15, 0.2) is 0 Å². The van der Waals surface area contributed by atoms with Crippen LogP contribution in [0.4, 0.5) is 0 Å². The molecule has 2 N–H and O–H groups in total. The van der Waals surface area contributed by atoms with Crippen LogP contribution in [0.2, 0.25) is 0 Å². The van der Waals surface area contributed by atoms with Crippen molar-refractivity contribution in [2.24, 2.45) is 5.92 Å². The highest BCUT2D eigenvalue weighted by atomic mass is 16.3. The van der Waals surface area contributed by atoms with E-state index in [0.29, 0.717) is 0 Å². The topological polar surface area (TPSA) is 35.5 Å². The van der Waals surface area contributed by atoms with Gasteiger partial charge in [0.1, 0.15) is 0 Å². The zero-order valence-corrected chi connectivity index (χ0v) is 12.5. The summed E-state index contributed by atoms with van der Waals surface area (Å²) in [4.78, 5) is 2.45. The molecule has 108 valence electrons. The Labute approximate surface area is 113 Å². The van der Waals surface area contributed by atoms with Crippen LogP contribution in [0.25, 0.3) is 0 Å². The van der Waals surface area contributed by atoms with E-state index >= 15 is 0 Å². The lowest BCUT2D eigenvalue weighted by atomic mass is 9.92. The summed E-state index contributed by atoms with van der Waals surface area (Å²) in [5.41, 5.74) is -0.465. The highest BCUT2D eigenvalue weighted by molar-refractivity contribution is 4.82. The monoisotopic (exact) mass is 256 g/mol. The number of β-amino-alcohol motifs (C(OH)–C–C–N with tert-alkyl or cyclic N) is 1. The van der Waals surface area contributed by atoms with Gasteiger partial charge in [0.05, 0.1) is 5.60 Å². The number of rotatable bonds is 8. The number of hydrogen-bond donors (Lipinski definition) is 2. The number of likely N-dealkylation sites (tertiary alicyclic amines) is 1. The van der Waals surface area contributed by atoms with Gasteiger partial charge in [-0.1, -0.05) is 20.8 Å². The average molecular weight is 256 g/mol. The predicted octanol–water partition coefficient (Wildman–Crippen LogP) is 2.25. The smallest absolute Gasteiger partial charge is 0.0768 e. The van der Waals surface area contributed by atoms with Crippen molar-refractivity contribution in [3.63, 3.8) is 0 Å². The SMILES string of the molecule is CCCNCC1CCN(CC(O)(CC)CC)CC1. The van der Waals surface area contributed by atoms with E-state index < -0.39 is 5.60 Å². The van der Waals surface area contributed by atoms with Gasteiger partial charge in [0.2, 0.25) is 0 Å². The Bertz CT molecular complexity index is 209. The van der Waals surface area contributed by atoms with Gasteiger partial charge in [0.25, 0.3) is 0 Å². The van der Waals surface area contributed by atoms with E-state index in [9.17, 15) is 5.11 Å². The minimum absolute atomic E-state index is 0.465. The summed E-state index contributed by atoms with van der Waals surface area (Å²) in [6, 6.07) is 0. The Kier molecular flexibility index (Phi) is 7.20. The van der Waals surface area contributed by atoms with Gasteiger partial charge < -0.3 is 15.3 Å². The first-order valence-electron chi connectivity index (χ1n) is 7.79. The standard InChI is InChI=1S/C15H32N2O/c1-4-9-16-12-14-7-10-17(11-8-14)13-15(18,5-2)6-3/h14,16,18H,4-13H2,1-3H3. The van der Waals surface area contributed by atoms with Crippen LogP contribution in [-0.4, -0.2) is 48.3 Å². The van der Waals surface area contributed by atoms with Crippen molar-refractivity contribution in [2.75, 3.05) is 32.7 Å². The zero-order valence-electron chi connectivity index (χ0n) is 12.5. The van der Waals surface area contributed by atoms with Gasteiger partial charge in [-0.25, -0.2) is 0 Å². The molecule has 0 bridgehead atoms. The van der Waals surface area contributed by atoms with E-state index in [1.54, 1.807) is 0 Å². The lowest BCUT2D eigenvalue weighted by molar-refractivity contribution is -0.0114. The summed E-state index contributed by atoms with van der Waals surface area (Å²) in [5.74, 6) is 0.837. The second-order valence-corrected chi connectivity index (χ2v) is 5.86. The quantitative estimate of drug-likeness (QED) is 0.654. The van der Waals surface area contributed by atoms with Gasteiger partial charge in [0, 0.05) is 6.54 Å². The van der Waals surface area contributed by atoms with Crippen LogP contribution in [0.15, 0.2) is 0 Å². The molecule has 1 aliphatic rings. The number of hydrogen-bond acceptors (Lipinski definition) is 3. The first-order chi connectivity index (χ1) is 8.63. The molecule has 18 heavy (non-hydrogen) atoms. The minimum atomic E-state index is -0.465. The Balaban J connectivity index is 2.22. The summed E-state index contributed by atoms with van der Waals surface area (Å²) < 4.78 is 0. The van der Waals surface area contributed by atoms with Gasteiger partial charge in [-0.15, -0.1) is 0 Å². The molecule has 0 aromatic carbocycles. The van der Waals surface area contributed by atoms with Crippen molar-refractivity contribution >= 4 is 0 Å². The first kappa shape index (κ1) is 15.9. The third-order valence-electron chi connectivity index (χ3n) is 4.40. The summed E-state index contributed by atoms with van der Waals surface area (Å²) in [7, 11) is 0. The van der Waals surface area contributed by atoms with Gasteiger partial charge in [-0.2, -0.15) is 0 Å². The molecule has 0 aliphatic carbocycles. The van der Waals surface area contributed by atoms with Crippen molar-refractivity contribution in [3.8, 4) is 0 Å². The van der Waals surface area contributed by atoms with Crippen molar-refractivity contribution in [1.82, 2.24) is 10.2 Å². The Hall–Kier alpha value is -0.120. The summed E-state index contributed by atoms with van der Waals surface area (Å²) in [6.07, 6.45) is 5.50. The van der Waals surface area contributed by atoms with E-state index in [2.05, 4.69) is 31.0 Å². The molecule has 1 rings (SSSR count). The summed E-state index contributed by atoms with van der Waals surface area (Å²) in [5, 5.41) is 13.9. The van der Waals surface area contributed by atoms with E-state index in [-0.39, 0.29) is 0 Å². The molecular formula is C15H32N2O. The first-order valence-corrected chi connectivity index (χ1v) is 7.79. The van der Waals surface area contributed by atoms with Gasteiger partial charge >= 0.3 is 0 Å². The Morgan fingerprint density at radius 2 is 1.78 bits per heavy atom. The summed E-state index contributed by atoms with van der Waals surface area (Å²) >= 11 is 0. The van der Waals surface area contributed by atoms with Crippen LogP contribution in [0, 0.1) is 5.92 Å². The largest absolute Gasteiger partial charge is 0.389 e. The maximum absolute atomic E-state index is 10.4. The molecule has 3 nitrogen and oxygen atoms in total. The molecule has 1 heterocycles. The molecular weight excluding hydrogens is 224 g/mol. The van der Waals surface area contributed by atoms with Crippen LogP contribution in [-0.2, 0) is 0 Å². The average Bonchev–Trinajstić information content (AvgIpc) is 2.41. The summed E-state index contributed by atoms with van der Waals surface area (Å²) in [6.45, 7) is 11.9. The predicted molar refractivity (Wildman–Crippen MR) is 77.9 cm³/mol. The van der Waals surface area contributed by atoms with Crippen LogP contribution < -0.4 is 5.32 Å². The molecule has 0 atom stereocenters. The molecule has 0 aromatic heterocycles. The fourth-order valence-electron chi connectivity index (χ4n) is 2.72. The van der Waals surface area contributed by atoms with Crippen molar-refractivity contribution in [1.29, 1.82) is 0 Å². The van der Waals surface area contributed by atoms with E-state index in [0.717, 1.165) is 44.9 Å². The molecule has 0 radical (unpaired) electrons. The third kappa shape index (κ3) is 5.25.